The maximum absolute atomic E-state index is 12.3. The van der Waals surface area contributed by atoms with Gasteiger partial charge in [-0.05, 0) is 42.7 Å². The zero-order valence-electron chi connectivity index (χ0n) is 14.0. The molecule has 0 spiro atoms. The molecule has 4 N–H and O–H groups in total. The predicted molar refractivity (Wildman–Crippen MR) is 103 cm³/mol. The quantitative estimate of drug-likeness (QED) is 0.367. The number of amides is 1. The Hall–Kier alpha value is -1.38. The molecule has 0 saturated carbocycles. The van der Waals surface area contributed by atoms with E-state index in [0.29, 0.717) is 24.3 Å². The molecule has 8 heteroatoms. The van der Waals surface area contributed by atoms with Gasteiger partial charge in [-0.3, -0.25) is 4.79 Å². The fourth-order valence-corrected chi connectivity index (χ4v) is 2.52. The van der Waals surface area contributed by atoms with Crippen molar-refractivity contribution in [3.8, 4) is 0 Å². The van der Waals surface area contributed by atoms with Crippen molar-refractivity contribution in [3.05, 3.63) is 29.8 Å². The average molecular weight is 372 g/mol. The molecule has 0 aromatic heterocycles. The van der Waals surface area contributed by atoms with Crippen molar-refractivity contribution >= 4 is 42.0 Å². The van der Waals surface area contributed by atoms with Crippen LogP contribution in [0, 0.1) is 0 Å². The third kappa shape index (κ3) is 7.02. The van der Waals surface area contributed by atoms with E-state index in [1.165, 1.54) is 7.11 Å². The van der Waals surface area contributed by atoms with Crippen LogP contribution in [0.2, 0.25) is 0 Å². The first-order chi connectivity index (χ1) is 11.5. The minimum Gasteiger partial charge on any atom is -0.467 e. The summed E-state index contributed by atoms with van der Waals surface area (Å²) in [7, 11) is 1.32. The molecule has 1 aromatic rings. The van der Waals surface area contributed by atoms with E-state index >= 15 is 0 Å². The molecule has 24 heavy (non-hydrogen) atoms. The van der Waals surface area contributed by atoms with Gasteiger partial charge in [0.15, 0.2) is 0 Å². The zero-order chi connectivity index (χ0) is 17.9. The van der Waals surface area contributed by atoms with Crippen LogP contribution in [-0.4, -0.2) is 55.4 Å². The summed E-state index contributed by atoms with van der Waals surface area (Å²) in [5.41, 5.74) is 7.14. The minimum atomic E-state index is -0.638. The van der Waals surface area contributed by atoms with E-state index in [-0.39, 0.29) is 11.9 Å². The molecule has 0 aliphatic carbocycles. The van der Waals surface area contributed by atoms with Crippen LogP contribution < -0.4 is 16.4 Å². The van der Waals surface area contributed by atoms with E-state index in [1.807, 2.05) is 6.26 Å². The average Bonchev–Trinajstić information content (AvgIpc) is 2.62. The highest BCUT2D eigenvalue weighted by atomic mass is 32.2. The highest BCUT2D eigenvalue weighted by molar-refractivity contribution is 7.98. The Bertz CT molecular complexity index is 526. The van der Waals surface area contributed by atoms with E-state index in [9.17, 15) is 9.59 Å². The lowest BCUT2D eigenvalue weighted by Gasteiger charge is -2.16. The molecule has 0 aliphatic heterocycles. The topological polar surface area (TPSA) is 93.4 Å². The van der Waals surface area contributed by atoms with E-state index in [1.54, 1.807) is 36.0 Å². The summed E-state index contributed by atoms with van der Waals surface area (Å²) in [5.74, 6) is 0.619. The molecule has 1 rings (SSSR count). The van der Waals surface area contributed by atoms with Crippen LogP contribution in [0.3, 0.4) is 0 Å². The molecule has 0 bridgehead atoms. The normalized spacial score (nSPS) is 13.0. The second-order valence-electron chi connectivity index (χ2n) is 5.23. The van der Waals surface area contributed by atoms with Gasteiger partial charge in [-0.2, -0.15) is 24.4 Å². The summed E-state index contributed by atoms with van der Waals surface area (Å²) >= 11 is 5.74. The number of nitrogens with one attached hydrogen (secondary N) is 2. The van der Waals surface area contributed by atoms with E-state index in [2.05, 4.69) is 23.3 Å². The van der Waals surface area contributed by atoms with Gasteiger partial charge < -0.3 is 21.1 Å². The molecule has 0 aliphatic rings. The third-order valence-corrected chi connectivity index (χ3v) is 4.46. The second-order valence-corrected chi connectivity index (χ2v) is 6.58. The van der Waals surface area contributed by atoms with Crippen LogP contribution in [0.25, 0.3) is 0 Å². The molecule has 134 valence electrons. The number of nitrogens with two attached hydrogens (primary N) is 1. The first-order valence-corrected chi connectivity index (χ1v) is 9.62. The molecule has 1 aromatic carbocycles. The Morgan fingerprint density at radius 3 is 2.54 bits per heavy atom. The van der Waals surface area contributed by atoms with Crippen LogP contribution in [0.15, 0.2) is 24.3 Å². The van der Waals surface area contributed by atoms with Crippen molar-refractivity contribution in [2.24, 2.45) is 5.73 Å². The number of hydrogen-bond acceptors (Lipinski definition) is 7. The molecule has 2 atom stereocenters. The van der Waals surface area contributed by atoms with Crippen molar-refractivity contribution in [1.82, 2.24) is 5.32 Å². The van der Waals surface area contributed by atoms with Crippen molar-refractivity contribution in [1.29, 1.82) is 0 Å². The third-order valence-electron chi connectivity index (χ3n) is 3.35. The molecule has 0 fully saturated rings. The number of carbonyl (C=O) groups is 2. The number of rotatable bonds is 10. The smallest absolute Gasteiger partial charge is 0.328 e. The second kappa shape index (κ2) is 11.2. The SMILES string of the molecule is COC(=O)[C@H](CCSC)NC(=O)c1ccc(NC[C@@H](N)CS)cc1. The van der Waals surface area contributed by atoms with Crippen molar-refractivity contribution in [2.75, 3.05) is 36.7 Å². The highest BCUT2D eigenvalue weighted by Gasteiger charge is 2.21. The number of hydrogen-bond donors (Lipinski definition) is 4. The Labute approximate surface area is 152 Å². The predicted octanol–water partition coefficient (Wildman–Crippen LogP) is 1.38. The zero-order valence-corrected chi connectivity index (χ0v) is 15.7. The maximum Gasteiger partial charge on any atom is 0.328 e. The monoisotopic (exact) mass is 371 g/mol. The fraction of sp³-hybridized carbons (Fsp3) is 0.500. The summed E-state index contributed by atoms with van der Waals surface area (Å²) in [6, 6.07) is 6.33. The number of thioether (sulfide) groups is 1. The molecule has 0 heterocycles. The van der Waals surface area contributed by atoms with Gasteiger partial charge in [-0.15, -0.1) is 0 Å². The lowest BCUT2D eigenvalue weighted by molar-refractivity contribution is -0.142. The number of thiol groups is 1. The summed E-state index contributed by atoms with van der Waals surface area (Å²) in [5, 5.41) is 5.90. The van der Waals surface area contributed by atoms with Crippen molar-refractivity contribution in [3.63, 3.8) is 0 Å². The van der Waals surface area contributed by atoms with Crippen LogP contribution in [0.4, 0.5) is 5.69 Å². The molecule has 1 amide bonds. The van der Waals surface area contributed by atoms with Crippen LogP contribution in [-0.2, 0) is 9.53 Å². The Balaban J connectivity index is 2.64. The van der Waals surface area contributed by atoms with Gasteiger partial charge in [0.25, 0.3) is 5.91 Å². The first-order valence-electron chi connectivity index (χ1n) is 7.59. The molecule has 0 saturated heterocycles. The summed E-state index contributed by atoms with van der Waals surface area (Å²) in [6.07, 6.45) is 2.47. The molecule has 0 unspecified atom stereocenters. The van der Waals surface area contributed by atoms with Gasteiger partial charge in [0.05, 0.1) is 7.11 Å². The fourth-order valence-electron chi connectivity index (χ4n) is 1.92. The Morgan fingerprint density at radius 2 is 2.00 bits per heavy atom. The number of ether oxygens (including phenoxy) is 1. The number of anilines is 1. The van der Waals surface area contributed by atoms with E-state index < -0.39 is 12.0 Å². The summed E-state index contributed by atoms with van der Waals surface area (Å²) < 4.78 is 4.74. The van der Waals surface area contributed by atoms with Crippen LogP contribution in [0.5, 0.6) is 0 Å². The molecule has 6 nitrogen and oxygen atoms in total. The van der Waals surface area contributed by atoms with Gasteiger partial charge in [0.1, 0.15) is 6.04 Å². The number of carbonyl (C=O) groups excluding carboxylic acids is 2. The van der Waals surface area contributed by atoms with Gasteiger partial charge in [0, 0.05) is 29.6 Å². The van der Waals surface area contributed by atoms with Crippen molar-refractivity contribution < 1.29 is 14.3 Å². The highest BCUT2D eigenvalue weighted by Crippen LogP contribution is 2.11. The van der Waals surface area contributed by atoms with Crippen LogP contribution >= 0.6 is 24.4 Å². The van der Waals surface area contributed by atoms with Crippen molar-refractivity contribution in [2.45, 2.75) is 18.5 Å². The van der Waals surface area contributed by atoms with E-state index in [4.69, 9.17) is 10.5 Å². The Kier molecular flexibility index (Phi) is 9.66. The van der Waals surface area contributed by atoms with E-state index in [0.717, 1.165) is 11.4 Å². The van der Waals surface area contributed by atoms with Gasteiger partial charge in [-0.1, -0.05) is 0 Å². The summed E-state index contributed by atoms with van der Waals surface area (Å²) in [6.45, 7) is 0.605. The Morgan fingerprint density at radius 1 is 1.33 bits per heavy atom. The lowest BCUT2D eigenvalue weighted by Crippen LogP contribution is -2.41. The molecule has 0 radical (unpaired) electrons. The van der Waals surface area contributed by atoms with Gasteiger partial charge in [-0.25, -0.2) is 4.79 Å². The minimum absolute atomic E-state index is 0.0337. The largest absolute Gasteiger partial charge is 0.467 e. The van der Waals surface area contributed by atoms with Gasteiger partial charge >= 0.3 is 5.97 Å². The molecular weight excluding hydrogens is 346 g/mol. The standard InChI is InChI=1S/C16H25N3O3S2/c1-22-16(21)14(7-8-24-2)19-15(20)11-3-5-13(6-4-11)18-9-12(17)10-23/h3-6,12,14,18,23H,7-10,17H2,1-2H3,(H,19,20)/t12-,14+/m1/s1. The number of benzene rings is 1. The van der Waals surface area contributed by atoms with Gasteiger partial charge in [0.2, 0.25) is 0 Å². The maximum atomic E-state index is 12.3. The number of methoxy groups -OCH3 is 1. The lowest BCUT2D eigenvalue weighted by atomic mass is 10.1. The molecular formula is C16H25N3O3S2. The first kappa shape index (κ1) is 20.7. The summed E-state index contributed by atoms with van der Waals surface area (Å²) in [4.78, 5) is 24.0. The van der Waals surface area contributed by atoms with Crippen LogP contribution in [0.1, 0.15) is 16.8 Å². The number of esters is 1.